The van der Waals surface area contributed by atoms with Crippen LogP contribution in [0.25, 0.3) is 0 Å². The number of para-hydroxylation sites is 1. The van der Waals surface area contributed by atoms with E-state index >= 15 is 0 Å². The van der Waals surface area contributed by atoms with Crippen molar-refractivity contribution in [1.82, 2.24) is 5.32 Å². The summed E-state index contributed by atoms with van der Waals surface area (Å²) in [7, 11) is 0. The van der Waals surface area contributed by atoms with Crippen molar-refractivity contribution in [2.75, 3.05) is 5.73 Å². The van der Waals surface area contributed by atoms with Crippen LogP contribution in [0.4, 0.5) is 5.69 Å². The normalized spacial score (nSPS) is 23.6. The van der Waals surface area contributed by atoms with Crippen LogP contribution in [0.3, 0.4) is 0 Å². The Balaban J connectivity index is 2.06. The molecule has 0 aliphatic heterocycles. The van der Waals surface area contributed by atoms with Gasteiger partial charge in [-0.05, 0) is 37.3 Å². The molecule has 1 amide bonds. The zero-order valence-corrected chi connectivity index (χ0v) is 9.79. The number of rotatable bonds is 2. The maximum Gasteiger partial charge on any atom is 0.253 e. The lowest BCUT2D eigenvalue weighted by atomic mass is 9.82. The zero-order valence-electron chi connectivity index (χ0n) is 9.79. The molecule has 1 saturated carbocycles. The largest absolute Gasteiger partial charge is 0.398 e. The molecule has 0 bridgehead atoms. The number of benzene rings is 1. The number of nitrogens with one attached hydrogen (secondary N) is 1. The first kappa shape index (κ1) is 11.0. The standard InChI is InChI=1S/C13H18N2O/c1-8-6-10(7-8)15-13(16)11-5-3-4-9(2)12(11)14/h3-5,8,10H,6-7,14H2,1-2H3,(H,15,16). The molecule has 1 aromatic rings. The average Bonchev–Trinajstić information content (AvgIpc) is 2.19. The number of carbonyl (C=O) groups excluding carboxylic acids is 1. The molecular formula is C13H18N2O. The predicted octanol–water partition coefficient (Wildman–Crippen LogP) is 2.11. The highest BCUT2D eigenvalue weighted by molar-refractivity contribution is 5.99. The van der Waals surface area contributed by atoms with E-state index in [0.717, 1.165) is 24.3 Å². The van der Waals surface area contributed by atoms with E-state index in [9.17, 15) is 4.79 Å². The number of nitrogens with two attached hydrogens (primary N) is 1. The lowest BCUT2D eigenvalue weighted by Gasteiger charge is -2.33. The first-order valence-corrected chi connectivity index (χ1v) is 5.74. The molecule has 1 aliphatic carbocycles. The first-order chi connectivity index (χ1) is 7.58. The van der Waals surface area contributed by atoms with E-state index in [-0.39, 0.29) is 5.91 Å². The van der Waals surface area contributed by atoms with Crippen LogP contribution >= 0.6 is 0 Å². The van der Waals surface area contributed by atoms with E-state index in [1.165, 1.54) is 0 Å². The van der Waals surface area contributed by atoms with Gasteiger partial charge in [0.1, 0.15) is 0 Å². The molecule has 1 aromatic carbocycles. The third-order valence-corrected chi connectivity index (χ3v) is 3.28. The van der Waals surface area contributed by atoms with Crippen molar-refractivity contribution in [2.24, 2.45) is 5.92 Å². The molecule has 3 heteroatoms. The van der Waals surface area contributed by atoms with Crippen LogP contribution in [0.1, 0.15) is 35.7 Å². The van der Waals surface area contributed by atoms with Gasteiger partial charge in [0.15, 0.2) is 0 Å². The number of amides is 1. The molecule has 3 nitrogen and oxygen atoms in total. The Morgan fingerprint density at radius 1 is 1.44 bits per heavy atom. The molecule has 0 heterocycles. The van der Waals surface area contributed by atoms with Gasteiger partial charge in [0.2, 0.25) is 0 Å². The van der Waals surface area contributed by atoms with E-state index in [4.69, 9.17) is 5.73 Å². The number of hydrogen-bond donors (Lipinski definition) is 2. The third-order valence-electron chi connectivity index (χ3n) is 3.28. The molecule has 86 valence electrons. The SMILES string of the molecule is Cc1cccc(C(=O)NC2CC(C)C2)c1N. The quantitative estimate of drug-likeness (QED) is 0.747. The summed E-state index contributed by atoms with van der Waals surface area (Å²) in [6.45, 7) is 4.11. The van der Waals surface area contributed by atoms with Crippen molar-refractivity contribution in [1.29, 1.82) is 0 Å². The average molecular weight is 218 g/mol. The molecule has 1 fully saturated rings. The van der Waals surface area contributed by atoms with E-state index in [1.807, 2.05) is 19.1 Å². The van der Waals surface area contributed by atoms with Crippen LogP contribution in [0.2, 0.25) is 0 Å². The maximum absolute atomic E-state index is 11.9. The summed E-state index contributed by atoms with van der Waals surface area (Å²) in [5.74, 6) is 0.693. The summed E-state index contributed by atoms with van der Waals surface area (Å²) < 4.78 is 0. The lowest BCUT2D eigenvalue weighted by molar-refractivity contribution is 0.0897. The Labute approximate surface area is 96.0 Å². The Kier molecular flexibility index (Phi) is 2.86. The zero-order chi connectivity index (χ0) is 11.7. The fourth-order valence-electron chi connectivity index (χ4n) is 2.16. The summed E-state index contributed by atoms with van der Waals surface area (Å²) in [6.07, 6.45) is 2.16. The first-order valence-electron chi connectivity index (χ1n) is 5.74. The molecule has 3 N–H and O–H groups in total. The molecule has 0 saturated heterocycles. The Morgan fingerprint density at radius 2 is 2.12 bits per heavy atom. The molecular weight excluding hydrogens is 200 g/mol. The second-order valence-corrected chi connectivity index (χ2v) is 4.78. The molecule has 2 rings (SSSR count). The number of carbonyl (C=O) groups is 1. The second kappa shape index (κ2) is 4.16. The van der Waals surface area contributed by atoms with Crippen LogP contribution in [0, 0.1) is 12.8 Å². The van der Waals surface area contributed by atoms with E-state index in [0.29, 0.717) is 17.3 Å². The van der Waals surface area contributed by atoms with Crippen molar-refractivity contribution in [3.05, 3.63) is 29.3 Å². The minimum atomic E-state index is -0.0434. The molecule has 0 atom stereocenters. The maximum atomic E-state index is 11.9. The Bertz CT molecular complexity index is 408. The summed E-state index contributed by atoms with van der Waals surface area (Å²) in [4.78, 5) is 11.9. The molecule has 0 radical (unpaired) electrons. The predicted molar refractivity (Wildman–Crippen MR) is 65.2 cm³/mol. The molecule has 16 heavy (non-hydrogen) atoms. The highest BCUT2D eigenvalue weighted by Gasteiger charge is 2.27. The second-order valence-electron chi connectivity index (χ2n) is 4.78. The van der Waals surface area contributed by atoms with Gasteiger partial charge in [-0.15, -0.1) is 0 Å². The fraction of sp³-hybridized carbons (Fsp3) is 0.462. The minimum absolute atomic E-state index is 0.0434. The third kappa shape index (κ3) is 2.03. The summed E-state index contributed by atoms with van der Waals surface area (Å²) >= 11 is 0. The van der Waals surface area contributed by atoms with Crippen LogP contribution in [0.15, 0.2) is 18.2 Å². The summed E-state index contributed by atoms with van der Waals surface area (Å²) in [6, 6.07) is 5.89. The minimum Gasteiger partial charge on any atom is -0.398 e. The van der Waals surface area contributed by atoms with Gasteiger partial charge in [-0.2, -0.15) is 0 Å². The van der Waals surface area contributed by atoms with E-state index in [1.54, 1.807) is 6.07 Å². The molecule has 1 aliphatic rings. The van der Waals surface area contributed by atoms with E-state index in [2.05, 4.69) is 12.2 Å². The smallest absolute Gasteiger partial charge is 0.253 e. The molecule has 0 unspecified atom stereocenters. The van der Waals surface area contributed by atoms with Crippen LogP contribution < -0.4 is 11.1 Å². The van der Waals surface area contributed by atoms with Crippen molar-refractivity contribution < 1.29 is 4.79 Å². The Morgan fingerprint density at radius 3 is 2.75 bits per heavy atom. The van der Waals surface area contributed by atoms with E-state index < -0.39 is 0 Å². The van der Waals surface area contributed by atoms with Gasteiger partial charge >= 0.3 is 0 Å². The number of nitrogen functional groups attached to an aromatic ring is 1. The van der Waals surface area contributed by atoms with Gasteiger partial charge in [-0.3, -0.25) is 4.79 Å². The van der Waals surface area contributed by atoms with Crippen LogP contribution in [0.5, 0.6) is 0 Å². The van der Waals surface area contributed by atoms with Gasteiger partial charge in [-0.25, -0.2) is 0 Å². The van der Waals surface area contributed by atoms with Crippen LogP contribution in [-0.2, 0) is 0 Å². The van der Waals surface area contributed by atoms with Gasteiger partial charge in [0.05, 0.1) is 5.56 Å². The summed E-state index contributed by atoms with van der Waals surface area (Å²) in [5.41, 5.74) is 8.03. The Hall–Kier alpha value is -1.51. The van der Waals surface area contributed by atoms with Crippen molar-refractivity contribution in [3.8, 4) is 0 Å². The van der Waals surface area contributed by atoms with Gasteiger partial charge in [0, 0.05) is 11.7 Å². The summed E-state index contributed by atoms with van der Waals surface area (Å²) in [5, 5.41) is 3.01. The highest BCUT2D eigenvalue weighted by Crippen LogP contribution is 2.27. The number of aryl methyl sites for hydroxylation is 1. The van der Waals surface area contributed by atoms with Crippen molar-refractivity contribution in [2.45, 2.75) is 32.7 Å². The number of anilines is 1. The van der Waals surface area contributed by atoms with Gasteiger partial charge < -0.3 is 11.1 Å². The monoisotopic (exact) mass is 218 g/mol. The molecule has 0 spiro atoms. The van der Waals surface area contributed by atoms with Gasteiger partial charge in [0.25, 0.3) is 5.91 Å². The topological polar surface area (TPSA) is 55.1 Å². The number of hydrogen-bond acceptors (Lipinski definition) is 2. The highest BCUT2D eigenvalue weighted by atomic mass is 16.1. The van der Waals surface area contributed by atoms with Crippen molar-refractivity contribution >= 4 is 11.6 Å². The fourth-order valence-corrected chi connectivity index (χ4v) is 2.16. The van der Waals surface area contributed by atoms with Crippen molar-refractivity contribution in [3.63, 3.8) is 0 Å². The lowest BCUT2D eigenvalue weighted by Crippen LogP contribution is -2.43. The van der Waals surface area contributed by atoms with Crippen LogP contribution in [-0.4, -0.2) is 11.9 Å². The van der Waals surface area contributed by atoms with Gasteiger partial charge in [-0.1, -0.05) is 19.1 Å². The molecule has 0 aromatic heterocycles.